The van der Waals surface area contributed by atoms with E-state index in [1.165, 1.54) is 25.7 Å². The van der Waals surface area contributed by atoms with Gasteiger partial charge in [0, 0.05) is 19.3 Å². The fraction of sp³-hybridized carbons (Fsp3) is 0.687. The molecule has 0 saturated carbocycles. The molecule has 5 atom stereocenters. The largest absolute Gasteiger partial charge is 0.472 e. The van der Waals surface area contributed by atoms with Gasteiger partial charge in [0.15, 0.2) is 6.10 Å². The molecule has 0 aliphatic carbocycles. The van der Waals surface area contributed by atoms with Crippen molar-refractivity contribution in [2.24, 2.45) is 0 Å². The van der Waals surface area contributed by atoms with Crippen LogP contribution in [0.25, 0.3) is 0 Å². The fourth-order valence-corrected chi connectivity index (χ4v) is 9.66. The van der Waals surface area contributed by atoms with Crippen LogP contribution in [0, 0.1) is 0 Å². The average molecular weight is 1240 g/mol. The van der Waals surface area contributed by atoms with Crippen LogP contribution < -0.4 is 0 Å². The molecule has 0 rings (SSSR count). The second kappa shape index (κ2) is 60.5. The first-order valence-corrected chi connectivity index (χ1v) is 35.2. The lowest BCUT2D eigenvalue weighted by Gasteiger charge is -2.21. The molecule has 0 amide bonds. The summed E-state index contributed by atoms with van der Waals surface area (Å²) in [4.78, 5) is 58.2. The Bertz CT molecular complexity index is 1990. The lowest BCUT2D eigenvalue weighted by molar-refractivity contribution is -0.161. The molecule has 5 unspecified atom stereocenters. The number of phosphoric ester groups is 2. The van der Waals surface area contributed by atoms with Crippen molar-refractivity contribution in [1.29, 1.82) is 0 Å². The number of carbonyl (C=O) groups excluding carboxylic acids is 3. The number of hydrogen-bond acceptors (Lipinski definition) is 14. The summed E-state index contributed by atoms with van der Waals surface area (Å²) in [5, 5.41) is 20.5. The molecule has 16 nitrogen and oxygen atoms in total. The van der Waals surface area contributed by atoms with Gasteiger partial charge in [0.25, 0.3) is 0 Å². The zero-order chi connectivity index (χ0) is 62.4. The fourth-order valence-electron chi connectivity index (χ4n) is 8.07. The highest BCUT2D eigenvalue weighted by molar-refractivity contribution is 7.47. The Labute approximate surface area is 513 Å². The van der Waals surface area contributed by atoms with E-state index in [1.807, 2.05) is 0 Å². The monoisotopic (exact) mass is 1240 g/mol. The maximum atomic E-state index is 12.9. The SMILES string of the molecule is CC/C=C\C/C=C\C/C=C\CCCCCCCC(=O)OCC(COP(=O)(O)OCC(O)COP(=O)(O)OCC(O)COC(=O)CCCCCCCC/C=C\C/C=C\C/C=C\CCCCC)OC(=O)CCCCCCC/C=C\C/C=C\C/C=C\CC. The molecular weight excluding hydrogens is 1120 g/mol. The van der Waals surface area contributed by atoms with Crippen molar-refractivity contribution in [3.63, 3.8) is 0 Å². The van der Waals surface area contributed by atoms with Gasteiger partial charge < -0.3 is 34.2 Å². The highest BCUT2D eigenvalue weighted by Gasteiger charge is 2.29. The van der Waals surface area contributed by atoms with E-state index in [-0.39, 0.29) is 19.3 Å². The van der Waals surface area contributed by atoms with Gasteiger partial charge in [-0.05, 0) is 122 Å². The lowest BCUT2D eigenvalue weighted by Crippen LogP contribution is -2.30. The first-order valence-electron chi connectivity index (χ1n) is 32.2. The third-order valence-corrected chi connectivity index (χ3v) is 14.9. The van der Waals surface area contributed by atoms with Crippen molar-refractivity contribution in [1.82, 2.24) is 0 Å². The third-order valence-electron chi connectivity index (χ3n) is 13.0. The molecule has 0 saturated heterocycles. The van der Waals surface area contributed by atoms with E-state index in [0.29, 0.717) is 19.3 Å². The second-order valence-corrected chi connectivity index (χ2v) is 24.1. The minimum Gasteiger partial charge on any atom is -0.463 e. The molecular formula is C67H114O16P2. The molecule has 0 heterocycles. The van der Waals surface area contributed by atoms with Gasteiger partial charge in [0.2, 0.25) is 0 Å². The van der Waals surface area contributed by atoms with E-state index >= 15 is 0 Å². The maximum absolute atomic E-state index is 12.9. The van der Waals surface area contributed by atoms with E-state index in [9.17, 15) is 43.5 Å². The molecule has 4 N–H and O–H groups in total. The summed E-state index contributed by atoms with van der Waals surface area (Å²) in [5.74, 6) is -1.63. The van der Waals surface area contributed by atoms with Crippen LogP contribution >= 0.6 is 15.6 Å². The lowest BCUT2D eigenvalue weighted by atomic mass is 10.1. The van der Waals surface area contributed by atoms with E-state index < -0.39 is 91.5 Å². The van der Waals surface area contributed by atoms with Crippen LogP contribution in [0.15, 0.2) is 109 Å². The molecule has 0 spiro atoms. The summed E-state index contributed by atoms with van der Waals surface area (Å²) in [6.45, 7) is 2.34. The first-order chi connectivity index (χ1) is 41.2. The molecule has 0 aliphatic heterocycles. The number of esters is 3. The number of allylic oxidation sites excluding steroid dienone is 18. The van der Waals surface area contributed by atoms with Crippen molar-refractivity contribution in [2.45, 2.75) is 257 Å². The topological polar surface area (TPSA) is 231 Å². The first kappa shape index (κ1) is 81.2. The van der Waals surface area contributed by atoms with Crippen LogP contribution in [0.3, 0.4) is 0 Å². The molecule has 0 radical (unpaired) electrons. The predicted molar refractivity (Wildman–Crippen MR) is 344 cm³/mol. The summed E-state index contributed by atoms with van der Waals surface area (Å²) in [6.07, 6.45) is 65.7. The highest BCUT2D eigenvalue weighted by atomic mass is 31.2. The number of ether oxygens (including phenoxy) is 3. The standard InChI is InChI=1S/C67H114O16P2/c1-4-7-10-13-16-19-22-25-28-29-30-31-34-36-38-41-44-47-50-53-65(70)77-56-62(68)57-79-84(73,74)80-58-63(69)59-81-85(75,76)82-61-64(83-67(72)55-52-49-46-43-40-37-33-27-24-21-18-15-12-9-6-3)60-78-66(71)54-51-48-45-42-39-35-32-26-23-20-17-14-11-8-5-2/h8-9,11-12,16-21,25-28,30-33,62-64,68-69H,4-7,10,13-15,22-24,29,34-61H2,1-3H3,(H,73,74)(H,75,76)/b11-8-,12-9-,19-16-,20-17-,21-18-,28-25-,31-30-,32-26-,33-27-. The third kappa shape index (κ3) is 61.6. The molecule has 0 aliphatic rings. The van der Waals surface area contributed by atoms with E-state index in [2.05, 4.69) is 130 Å². The molecule has 18 heteroatoms. The number of aliphatic hydroxyl groups excluding tert-OH is 2. The number of rotatable bonds is 60. The van der Waals surface area contributed by atoms with Gasteiger partial charge >= 0.3 is 33.6 Å². The van der Waals surface area contributed by atoms with Crippen molar-refractivity contribution < 1.29 is 75.8 Å². The van der Waals surface area contributed by atoms with Crippen LogP contribution in [0.2, 0.25) is 0 Å². The summed E-state index contributed by atoms with van der Waals surface area (Å²) in [5.41, 5.74) is 0. The highest BCUT2D eigenvalue weighted by Crippen LogP contribution is 2.45. The molecule has 0 aromatic carbocycles. The number of hydrogen-bond donors (Lipinski definition) is 4. The molecule has 85 heavy (non-hydrogen) atoms. The Morgan fingerprint density at radius 2 is 0.624 bits per heavy atom. The smallest absolute Gasteiger partial charge is 0.463 e. The van der Waals surface area contributed by atoms with Gasteiger partial charge in [-0.2, -0.15) is 0 Å². The van der Waals surface area contributed by atoms with Crippen molar-refractivity contribution >= 4 is 33.6 Å². The van der Waals surface area contributed by atoms with Crippen LogP contribution in [0.5, 0.6) is 0 Å². The minimum atomic E-state index is -4.93. The number of carbonyl (C=O) groups is 3. The number of phosphoric acid groups is 2. The van der Waals surface area contributed by atoms with Gasteiger partial charge in [0.05, 0.1) is 26.4 Å². The zero-order valence-electron chi connectivity index (χ0n) is 52.5. The Morgan fingerprint density at radius 1 is 0.341 bits per heavy atom. The second-order valence-electron chi connectivity index (χ2n) is 21.1. The average Bonchev–Trinajstić information content (AvgIpc) is 3.51. The van der Waals surface area contributed by atoms with Gasteiger partial charge in [0.1, 0.15) is 25.4 Å². The van der Waals surface area contributed by atoms with Crippen molar-refractivity contribution in [3.05, 3.63) is 109 Å². The van der Waals surface area contributed by atoms with Crippen LogP contribution in [-0.2, 0) is 55.8 Å². The summed E-state index contributed by atoms with van der Waals surface area (Å²) in [6, 6.07) is 0. The van der Waals surface area contributed by atoms with E-state index in [0.717, 1.165) is 154 Å². The number of aliphatic hydroxyl groups is 2. The zero-order valence-corrected chi connectivity index (χ0v) is 54.3. The predicted octanol–water partition coefficient (Wildman–Crippen LogP) is 17.3. The summed E-state index contributed by atoms with van der Waals surface area (Å²) in [7, 11) is -9.79. The summed E-state index contributed by atoms with van der Waals surface area (Å²) < 4.78 is 60.7. The Balaban J connectivity index is 4.70. The van der Waals surface area contributed by atoms with Crippen molar-refractivity contribution in [2.75, 3.05) is 39.6 Å². The molecule has 488 valence electrons. The molecule has 0 aromatic rings. The quantitative estimate of drug-likeness (QED) is 0.0146. The Kier molecular flexibility index (Phi) is 57.8. The van der Waals surface area contributed by atoms with Gasteiger partial charge in [-0.3, -0.25) is 32.5 Å². The minimum absolute atomic E-state index is 0.0782. The summed E-state index contributed by atoms with van der Waals surface area (Å²) >= 11 is 0. The van der Waals surface area contributed by atoms with E-state index in [4.69, 9.17) is 32.3 Å². The Morgan fingerprint density at radius 3 is 0.988 bits per heavy atom. The van der Waals surface area contributed by atoms with Gasteiger partial charge in [-0.1, -0.05) is 207 Å². The van der Waals surface area contributed by atoms with Crippen molar-refractivity contribution in [3.8, 4) is 0 Å². The van der Waals surface area contributed by atoms with Gasteiger partial charge in [-0.25, -0.2) is 9.13 Å². The van der Waals surface area contributed by atoms with Crippen LogP contribution in [0.1, 0.15) is 239 Å². The molecule has 0 bridgehead atoms. The number of unbranched alkanes of at least 4 members (excludes halogenated alkanes) is 19. The normalized spacial score (nSPS) is 15.0. The maximum Gasteiger partial charge on any atom is 0.472 e. The molecule has 0 aromatic heterocycles. The van der Waals surface area contributed by atoms with Crippen LogP contribution in [0.4, 0.5) is 0 Å². The van der Waals surface area contributed by atoms with Crippen LogP contribution in [-0.4, -0.2) is 95.9 Å². The Hall–Kier alpha value is -3.79. The molecule has 0 fully saturated rings. The van der Waals surface area contributed by atoms with E-state index in [1.54, 1.807) is 0 Å². The van der Waals surface area contributed by atoms with Gasteiger partial charge in [-0.15, -0.1) is 0 Å².